The molecule has 2 heterocycles. The van der Waals surface area contributed by atoms with Crippen molar-refractivity contribution in [1.82, 2.24) is 9.80 Å². The van der Waals surface area contributed by atoms with Crippen LogP contribution in [0.2, 0.25) is 10.0 Å². The van der Waals surface area contributed by atoms with Gasteiger partial charge in [-0.25, -0.2) is 0 Å². The zero-order chi connectivity index (χ0) is 21.8. The number of aryl methyl sites for hydroxylation is 1. The lowest BCUT2D eigenvalue weighted by Crippen LogP contribution is -2.48. The third kappa shape index (κ3) is 5.42. The smallest absolute Gasteiger partial charge is 0.264 e. The quantitative estimate of drug-likeness (QED) is 0.445. The first-order valence-electron chi connectivity index (χ1n) is 10.2. The molecule has 2 aromatic carbocycles. The van der Waals surface area contributed by atoms with Gasteiger partial charge >= 0.3 is 0 Å². The summed E-state index contributed by atoms with van der Waals surface area (Å²) in [4.78, 5) is 17.9. The number of rotatable bonds is 6. The lowest BCUT2D eigenvalue weighted by molar-refractivity contribution is 0.0633. The minimum Gasteiger partial charge on any atom is -0.489 e. The van der Waals surface area contributed by atoms with Crippen molar-refractivity contribution < 1.29 is 9.53 Å². The molecule has 31 heavy (non-hydrogen) atoms. The van der Waals surface area contributed by atoms with Gasteiger partial charge in [-0.1, -0.05) is 47.5 Å². The lowest BCUT2D eigenvalue weighted by atomic mass is 10.2. The van der Waals surface area contributed by atoms with E-state index in [4.69, 9.17) is 27.9 Å². The van der Waals surface area contributed by atoms with Crippen molar-refractivity contribution >= 4 is 40.4 Å². The summed E-state index contributed by atoms with van der Waals surface area (Å²) < 4.78 is 5.90. The van der Waals surface area contributed by atoms with Crippen LogP contribution in [0, 0.1) is 6.92 Å². The van der Waals surface area contributed by atoms with E-state index < -0.39 is 0 Å². The van der Waals surface area contributed by atoms with Gasteiger partial charge in [-0.3, -0.25) is 9.69 Å². The number of ether oxygens (including phenoxy) is 1. The second-order valence-electron chi connectivity index (χ2n) is 7.64. The Morgan fingerprint density at radius 1 is 1.03 bits per heavy atom. The highest BCUT2D eigenvalue weighted by Crippen LogP contribution is 2.26. The van der Waals surface area contributed by atoms with Gasteiger partial charge in [0.25, 0.3) is 5.91 Å². The molecule has 0 spiro atoms. The van der Waals surface area contributed by atoms with Gasteiger partial charge in [-0.05, 0) is 42.1 Å². The van der Waals surface area contributed by atoms with Gasteiger partial charge in [0.2, 0.25) is 0 Å². The summed E-state index contributed by atoms with van der Waals surface area (Å²) in [6.45, 7) is 6.14. The van der Waals surface area contributed by atoms with Gasteiger partial charge in [0.1, 0.15) is 12.4 Å². The molecule has 4 nitrogen and oxygen atoms in total. The number of halogens is 2. The number of piperazine rings is 1. The third-order valence-electron chi connectivity index (χ3n) is 5.46. The molecule has 1 aliphatic heterocycles. The number of carbonyl (C=O) groups is 1. The van der Waals surface area contributed by atoms with E-state index in [2.05, 4.69) is 4.90 Å². The normalized spacial score (nSPS) is 14.6. The Morgan fingerprint density at radius 3 is 2.45 bits per heavy atom. The maximum absolute atomic E-state index is 12.9. The van der Waals surface area contributed by atoms with Gasteiger partial charge in [0, 0.05) is 53.9 Å². The predicted molar refractivity (Wildman–Crippen MR) is 127 cm³/mol. The molecule has 1 aromatic heterocycles. The summed E-state index contributed by atoms with van der Waals surface area (Å²) in [6.07, 6.45) is 0. The highest BCUT2D eigenvalue weighted by atomic mass is 35.5. The highest BCUT2D eigenvalue weighted by molar-refractivity contribution is 7.12. The summed E-state index contributed by atoms with van der Waals surface area (Å²) in [5.74, 6) is 0.957. The zero-order valence-electron chi connectivity index (χ0n) is 17.3. The molecule has 0 bridgehead atoms. The van der Waals surface area contributed by atoms with E-state index in [0.29, 0.717) is 36.3 Å². The van der Waals surface area contributed by atoms with Crippen molar-refractivity contribution in [3.05, 3.63) is 85.5 Å². The number of hydrogen-bond acceptors (Lipinski definition) is 4. The molecule has 1 amide bonds. The van der Waals surface area contributed by atoms with Crippen molar-refractivity contribution in [2.75, 3.05) is 26.2 Å². The van der Waals surface area contributed by atoms with Gasteiger partial charge in [0.15, 0.2) is 0 Å². The first-order valence-corrected chi connectivity index (χ1v) is 11.8. The van der Waals surface area contributed by atoms with Crippen LogP contribution in [0.1, 0.15) is 26.4 Å². The van der Waals surface area contributed by atoms with Crippen LogP contribution >= 0.6 is 34.5 Å². The summed E-state index contributed by atoms with van der Waals surface area (Å²) in [6, 6.07) is 15.5. The molecular weight excluding hydrogens is 451 g/mol. The van der Waals surface area contributed by atoms with E-state index in [9.17, 15) is 4.79 Å². The van der Waals surface area contributed by atoms with Crippen LogP contribution < -0.4 is 4.74 Å². The van der Waals surface area contributed by atoms with Gasteiger partial charge in [0.05, 0.1) is 4.88 Å². The van der Waals surface area contributed by atoms with Crippen molar-refractivity contribution in [3.63, 3.8) is 0 Å². The molecule has 7 heteroatoms. The summed E-state index contributed by atoms with van der Waals surface area (Å²) in [7, 11) is 0. The molecule has 0 unspecified atom stereocenters. The summed E-state index contributed by atoms with van der Waals surface area (Å²) in [5, 5.41) is 3.37. The average Bonchev–Trinajstić information content (AvgIpc) is 3.25. The lowest BCUT2D eigenvalue weighted by Gasteiger charge is -2.34. The Balaban J connectivity index is 1.30. The van der Waals surface area contributed by atoms with Crippen molar-refractivity contribution in [2.24, 2.45) is 0 Å². The van der Waals surface area contributed by atoms with Crippen LogP contribution in [0.4, 0.5) is 0 Å². The topological polar surface area (TPSA) is 32.8 Å². The van der Waals surface area contributed by atoms with Crippen LogP contribution in [0.5, 0.6) is 5.75 Å². The fraction of sp³-hybridized carbons (Fsp3) is 0.292. The molecule has 162 valence electrons. The first kappa shape index (κ1) is 22.2. The Labute approximate surface area is 197 Å². The van der Waals surface area contributed by atoms with Crippen LogP contribution in [-0.4, -0.2) is 41.9 Å². The number of thiophene rings is 1. The Bertz CT molecular complexity index is 1040. The predicted octanol–water partition coefficient (Wildman–Crippen LogP) is 5.90. The van der Waals surface area contributed by atoms with Crippen LogP contribution in [0.15, 0.2) is 53.9 Å². The van der Waals surface area contributed by atoms with Gasteiger partial charge in [-0.2, -0.15) is 0 Å². The van der Waals surface area contributed by atoms with Crippen LogP contribution in [0.25, 0.3) is 0 Å². The number of para-hydroxylation sites is 1. The Hall–Kier alpha value is -2.05. The fourth-order valence-corrected chi connectivity index (χ4v) is 5.00. The molecule has 0 radical (unpaired) electrons. The van der Waals surface area contributed by atoms with E-state index in [1.54, 1.807) is 0 Å². The van der Waals surface area contributed by atoms with Crippen LogP contribution in [0.3, 0.4) is 0 Å². The zero-order valence-corrected chi connectivity index (χ0v) is 19.6. The average molecular weight is 475 g/mol. The van der Waals surface area contributed by atoms with Crippen molar-refractivity contribution in [1.29, 1.82) is 0 Å². The monoisotopic (exact) mass is 474 g/mol. The molecule has 0 atom stereocenters. The molecule has 4 rings (SSSR count). The minimum atomic E-state index is 0.0857. The maximum atomic E-state index is 12.9. The number of amides is 1. The van der Waals surface area contributed by atoms with Crippen molar-refractivity contribution in [3.8, 4) is 5.75 Å². The SMILES string of the molecule is Cc1ccccc1OCc1csc(C(=O)N2CCN(Cc3c(Cl)cccc3Cl)CC2)c1. The van der Waals surface area contributed by atoms with Crippen LogP contribution in [-0.2, 0) is 13.2 Å². The standard InChI is InChI=1S/C24H24Cl2N2O2S/c1-17-5-2-3-8-22(17)30-15-18-13-23(31-16-18)24(29)28-11-9-27(10-12-28)14-19-20(25)6-4-7-21(19)26/h2-8,13,16H,9-12,14-15H2,1H3. The number of carbonyl (C=O) groups excluding carboxylic acids is 1. The number of nitrogens with zero attached hydrogens (tertiary/aromatic N) is 2. The third-order valence-corrected chi connectivity index (χ3v) is 7.13. The van der Waals surface area contributed by atoms with Crippen molar-refractivity contribution in [2.45, 2.75) is 20.1 Å². The second-order valence-corrected chi connectivity index (χ2v) is 9.37. The molecule has 1 saturated heterocycles. The maximum Gasteiger partial charge on any atom is 0.264 e. The van der Waals surface area contributed by atoms with E-state index >= 15 is 0 Å². The van der Waals surface area contributed by atoms with Gasteiger partial charge in [-0.15, -0.1) is 11.3 Å². The van der Waals surface area contributed by atoms with Gasteiger partial charge < -0.3 is 9.64 Å². The van der Waals surface area contributed by atoms with E-state index in [-0.39, 0.29) is 5.91 Å². The minimum absolute atomic E-state index is 0.0857. The molecule has 1 fully saturated rings. The number of hydrogen-bond donors (Lipinski definition) is 0. The molecular formula is C24H24Cl2N2O2S. The largest absolute Gasteiger partial charge is 0.489 e. The second kappa shape index (κ2) is 10.0. The summed E-state index contributed by atoms with van der Waals surface area (Å²) >= 11 is 14.1. The molecule has 1 aliphatic rings. The molecule has 0 saturated carbocycles. The molecule has 3 aromatic rings. The summed E-state index contributed by atoms with van der Waals surface area (Å²) in [5.41, 5.74) is 3.07. The molecule has 0 aliphatic carbocycles. The number of benzene rings is 2. The Morgan fingerprint density at radius 2 is 1.74 bits per heavy atom. The van der Waals surface area contributed by atoms with E-state index in [0.717, 1.165) is 40.4 Å². The fourth-order valence-electron chi connectivity index (χ4n) is 3.61. The first-order chi connectivity index (χ1) is 15.0. The molecule has 0 N–H and O–H groups in total. The van der Waals surface area contributed by atoms with E-state index in [1.165, 1.54) is 11.3 Å². The highest BCUT2D eigenvalue weighted by Gasteiger charge is 2.24. The Kier molecular flexibility index (Phi) is 7.18. The van der Waals surface area contributed by atoms with E-state index in [1.807, 2.05) is 65.7 Å².